The molecular weight excluding hydrogens is 328 g/mol. The Kier molecular flexibility index (Phi) is 4.99. The van der Waals surface area contributed by atoms with Crippen LogP contribution in [0.2, 0.25) is 5.02 Å². The van der Waals surface area contributed by atoms with Gasteiger partial charge in [0.25, 0.3) is 0 Å². The molecule has 1 saturated carbocycles. The summed E-state index contributed by atoms with van der Waals surface area (Å²) >= 11 is 5.97. The predicted molar refractivity (Wildman–Crippen MR) is 92.3 cm³/mol. The van der Waals surface area contributed by atoms with Gasteiger partial charge in [0.2, 0.25) is 0 Å². The molecule has 0 radical (unpaired) electrons. The topological polar surface area (TPSA) is 69.6 Å². The summed E-state index contributed by atoms with van der Waals surface area (Å²) in [5.74, 6) is -1.08. The second-order valence-electron chi connectivity index (χ2n) is 6.90. The van der Waals surface area contributed by atoms with E-state index in [1.807, 2.05) is 24.3 Å². The number of nitrogens with zero attached hydrogens (tertiary/aromatic N) is 1. The molecule has 1 heterocycles. The third kappa shape index (κ3) is 3.51. The lowest BCUT2D eigenvalue weighted by molar-refractivity contribution is -0.143. The lowest BCUT2D eigenvalue weighted by Crippen LogP contribution is -2.51. The lowest BCUT2D eigenvalue weighted by Gasteiger charge is -2.43. The van der Waals surface area contributed by atoms with E-state index in [-0.39, 0.29) is 17.4 Å². The number of piperidine rings is 1. The van der Waals surface area contributed by atoms with E-state index in [0.717, 1.165) is 17.9 Å². The number of urea groups is 1. The van der Waals surface area contributed by atoms with Crippen molar-refractivity contribution in [1.29, 1.82) is 0 Å². The molecule has 2 aliphatic rings. The van der Waals surface area contributed by atoms with Gasteiger partial charge in [-0.1, -0.05) is 30.2 Å². The number of carbonyl (C=O) groups excluding carboxylic acids is 1. The molecule has 2 amide bonds. The van der Waals surface area contributed by atoms with Crippen molar-refractivity contribution in [3.8, 4) is 0 Å². The molecule has 24 heavy (non-hydrogen) atoms. The van der Waals surface area contributed by atoms with Crippen LogP contribution in [0.3, 0.4) is 0 Å². The zero-order chi connectivity index (χ0) is 17.2. The highest BCUT2D eigenvalue weighted by Crippen LogP contribution is 2.43. The third-order valence-electron chi connectivity index (χ3n) is 5.48. The Morgan fingerprint density at radius 2 is 1.83 bits per heavy atom. The van der Waals surface area contributed by atoms with Crippen LogP contribution < -0.4 is 5.32 Å². The fourth-order valence-corrected chi connectivity index (χ4v) is 3.79. The summed E-state index contributed by atoms with van der Waals surface area (Å²) < 4.78 is 0. The molecule has 6 heteroatoms. The minimum absolute atomic E-state index is 0.0135. The molecule has 130 valence electrons. The number of halogens is 1. The number of nitrogens with one attached hydrogen (secondary N) is 1. The van der Waals surface area contributed by atoms with Gasteiger partial charge in [0.05, 0.1) is 5.92 Å². The highest BCUT2D eigenvalue weighted by Gasteiger charge is 2.39. The molecule has 1 aromatic carbocycles. The van der Waals surface area contributed by atoms with Gasteiger partial charge in [0.1, 0.15) is 0 Å². The van der Waals surface area contributed by atoms with E-state index in [4.69, 9.17) is 16.7 Å². The first-order valence-corrected chi connectivity index (χ1v) is 8.90. The van der Waals surface area contributed by atoms with Crippen molar-refractivity contribution < 1.29 is 14.7 Å². The first-order chi connectivity index (χ1) is 11.5. The van der Waals surface area contributed by atoms with Crippen molar-refractivity contribution in [2.24, 2.45) is 5.92 Å². The van der Waals surface area contributed by atoms with Crippen molar-refractivity contribution >= 4 is 23.6 Å². The van der Waals surface area contributed by atoms with Gasteiger partial charge in [-0.3, -0.25) is 4.79 Å². The SMILES string of the molecule is O=C(O)C1CCN(C(=O)NCC2(c3ccc(Cl)cc3)CCC2)CC1. The molecule has 2 fully saturated rings. The van der Waals surface area contributed by atoms with E-state index in [1.165, 1.54) is 12.0 Å². The van der Waals surface area contributed by atoms with Crippen LogP contribution in [0.5, 0.6) is 0 Å². The largest absolute Gasteiger partial charge is 0.481 e. The highest BCUT2D eigenvalue weighted by molar-refractivity contribution is 6.30. The number of amides is 2. The number of carboxylic acids is 1. The Bertz CT molecular complexity index is 605. The summed E-state index contributed by atoms with van der Waals surface area (Å²) in [7, 11) is 0. The van der Waals surface area contributed by atoms with Crippen molar-refractivity contribution in [3.05, 3.63) is 34.9 Å². The van der Waals surface area contributed by atoms with Crippen LogP contribution in [0.1, 0.15) is 37.7 Å². The van der Waals surface area contributed by atoms with Gasteiger partial charge in [-0.2, -0.15) is 0 Å². The molecule has 0 spiro atoms. The number of carbonyl (C=O) groups is 2. The molecule has 5 nitrogen and oxygen atoms in total. The predicted octanol–water partition coefficient (Wildman–Crippen LogP) is 3.27. The number of hydrogen-bond acceptors (Lipinski definition) is 2. The summed E-state index contributed by atoms with van der Waals surface area (Å²) in [5.41, 5.74) is 1.24. The minimum Gasteiger partial charge on any atom is -0.481 e. The molecule has 1 saturated heterocycles. The second kappa shape index (κ2) is 7.01. The number of aliphatic carboxylic acids is 1. The first-order valence-electron chi connectivity index (χ1n) is 8.52. The Labute approximate surface area is 147 Å². The van der Waals surface area contributed by atoms with Crippen LogP contribution in [0.15, 0.2) is 24.3 Å². The Morgan fingerprint density at radius 1 is 1.21 bits per heavy atom. The van der Waals surface area contributed by atoms with Crippen molar-refractivity contribution in [2.75, 3.05) is 19.6 Å². The van der Waals surface area contributed by atoms with E-state index in [1.54, 1.807) is 4.90 Å². The van der Waals surface area contributed by atoms with Crippen molar-refractivity contribution in [2.45, 2.75) is 37.5 Å². The molecule has 2 N–H and O–H groups in total. The molecule has 1 aliphatic carbocycles. The maximum absolute atomic E-state index is 12.4. The van der Waals surface area contributed by atoms with E-state index >= 15 is 0 Å². The summed E-state index contributed by atoms with van der Waals surface area (Å²) in [6.07, 6.45) is 4.37. The van der Waals surface area contributed by atoms with E-state index in [9.17, 15) is 9.59 Å². The summed E-state index contributed by atoms with van der Waals surface area (Å²) in [4.78, 5) is 25.1. The van der Waals surface area contributed by atoms with Crippen LogP contribution in [0.4, 0.5) is 4.79 Å². The molecule has 0 aromatic heterocycles. The summed E-state index contributed by atoms with van der Waals surface area (Å²) in [6.45, 7) is 1.64. The maximum atomic E-state index is 12.4. The van der Waals surface area contributed by atoms with Gasteiger partial charge in [0.15, 0.2) is 0 Å². The minimum atomic E-state index is -0.758. The maximum Gasteiger partial charge on any atom is 0.317 e. The molecule has 3 rings (SSSR count). The molecule has 0 bridgehead atoms. The average Bonchev–Trinajstić information content (AvgIpc) is 2.55. The van der Waals surface area contributed by atoms with Gasteiger partial charge in [-0.15, -0.1) is 0 Å². The first kappa shape index (κ1) is 17.1. The van der Waals surface area contributed by atoms with Crippen LogP contribution in [-0.2, 0) is 10.2 Å². The van der Waals surface area contributed by atoms with Crippen LogP contribution in [0.25, 0.3) is 0 Å². The Balaban J connectivity index is 1.55. The van der Waals surface area contributed by atoms with Crippen LogP contribution in [0, 0.1) is 5.92 Å². The zero-order valence-corrected chi connectivity index (χ0v) is 14.4. The number of rotatable bonds is 4. The van der Waals surface area contributed by atoms with Crippen molar-refractivity contribution in [1.82, 2.24) is 10.2 Å². The van der Waals surface area contributed by atoms with Gasteiger partial charge in [-0.05, 0) is 43.4 Å². The Morgan fingerprint density at radius 3 is 2.33 bits per heavy atom. The van der Waals surface area contributed by atoms with E-state index in [0.29, 0.717) is 32.5 Å². The fraction of sp³-hybridized carbons (Fsp3) is 0.556. The normalized spacial score (nSPS) is 20.3. The average molecular weight is 351 g/mol. The molecule has 0 unspecified atom stereocenters. The molecular formula is C18H23ClN2O3. The van der Waals surface area contributed by atoms with Crippen LogP contribution >= 0.6 is 11.6 Å². The second-order valence-corrected chi connectivity index (χ2v) is 7.34. The monoisotopic (exact) mass is 350 g/mol. The van der Waals surface area contributed by atoms with Gasteiger partial charge >= 0.3 is 12.0 Å². The summed E-state index contributed by atoms with van der Waals surface area (Å²) in [6, 6.07) is 7.81. The number of carboxylic acid groups (broad SMARTS) is 1. The van der Waals surface area contributed by atoms with Gasteiger partial charge in [-0.25, -0.2) is 4.79 Å². The van der Waals surface area contributed by atoms with E-state index < -0.39 is 5.97 Å². The Hall–Kier alpha value is -1.75. The van der Waals surface area contributed by atoms with Gasteiger partial charge in [0, 0.05) is 30.1 Å². The van der Waals surface area contributed by atoms with E-state index in [2.05, 4.69) is 5.32 Å². The summed E-state index contributed by atoms with van der Waals surface area (Å²) in [5, 5.41) is 12.8. The number of benzene rings is 1. The molecule has 1 aromatic rings. The fourth-order valence-electron chi connectivity index (χ4n) is 3.66. The zero-order valence-electron chi connectivity index (χ0n) is 13.6. The smallest absolute Gasteiger partial charge is 0.317 e. The highest BCUT2D eigenvalue weighted by atomic mass is 35.5. The standard InChI is InChI=1S/C18H23ClN2O3/c19-15-4-2-14(3-5-15)18(8-1-9-18)12-20-17(24)21-10-6-13(7-11-21)16(22)23/h2-5,13H,1,6-12H2,(H,20,24)(H,22,23). The van der Waals surface area contributed by atoms with Crippen LogP contribution in [-0.4, -0.2) is 41.6 Å². The van der Waals surface area contributed by atoms with Gasteiger partial charge < -0.3 is 15.3 Å². The van der Waals surface area contributed by atoms with Crippen molar-refractivity contribution in [3.63, 3.8) is 0 Å². The number of likely N-dealkylation sites (tertiary alicyclic amines) is 1. The third-order valence-corrected chi connectivity index (χ3v) is 5.73. The molecule has 0 atom stereocenters. The molecule has 1 aliphatic heterocycles. The quantitative estimate of drug-likeness (QED) is 0.875. The lowest BCUT2D eigenvalue weighted by atomic mass is 9.64. The number of hydrogen-bond donors (Lipinski definition) is 2.